The van der Waals surface area contributed by atoms with E-state index in [-0.39, 0.29) is 11.5 Å². The Morgan fingerprint density at radius 3 is 2.40 bits per heavy atom. The maximum atomic E-state index is 12.2. The van der Waals surface area contributed by atoms with Crippen molar-refractivity contribution in [1.82, 2.24) is 0 Å². The van der Waals surface area contributed by atoms with Crippen molar-refractivity contribution in [1.29, 1.82) is 0 Å². The lowest BCUT2D eigenvalue weighted by Crippen LogP contribution is -2.08. The van der Waals surface area contributed by atoms with Crippen LogP contribution in [0.2, 0.25) is 10.0 Å². The fraction of sp³-hybridized carbons (Fsp3) is 0.200. The summed E-state index contributed by atoms with van der Waals surface area (Å²) < 4.78 is 24.5. The fourth-order valence-corrected chi connectivity index (χ4v) is 4.05. The van der Waals surface area contributed by atoms with Gasteiger partial charge < -0.3 is 0 Å². The normalized spacial score (nSPS) is 11.6. The maximum Gasteiger partial charge on any atom is 0.158 e. The van der Waals surface area contributed by atoms with Gasteiger partial charge in [0.05, 0.1) is 11.5 Å². The molecule has 0 aliphatic rings. The van der Waals surface area contributed by atoms with Crippen molar-refractivity contribution in [2.75, 3.05) is 0 Å². The van der Waals surface area contributed by atoms with Crippen LogP contribution in [-0.2, 0) is 21.3 Å². The Bertz CT molecular complexity index is 724. The molecule has 2 nitrogen and oxygen atoms in total. The van der Waals surface area contributed by atoms with Gasteiger partial charge in [-0.2, -0.15) is 0 Å². The highest BCUT2D eigenvalue weighted by atomic mass is 35.5. The van der Waals surface area contributed by atoms with E-state index in [1.165, 1.54) is 0 Å². The molecule has 0 heterocycles. The number of hydrogen-bond acceptors (Lipinski definition) is 2. The molecule has 0 amide bonds. The molecule has 0 aliphatic carbocycles. The van der Waals surface area contributed by atoms with E-state index in [0.29, 0.717) is 15.6 Å². The number of rotatable bonds is 4. The quantitative estimate of drug-likeness (QED) is 0.832. The molecule has 0 aromatic heterocycles. The van der Waals surface area contributed by atoms with Gasteiger partial charge >= 0.3 is 0 Å². The van der Waals surface area contributed by atoms with E-state index in [4.69, 9.17) is 23.2 Å². The highest BCUT2D eigenvalue weighted by molar-refractivity contribution is 7.89. The first kappa shape index (κ1) is 15.4. The van der Waals surface area contributed by atoms with Gasteiger partial charge in [-0.1, -0.05) is 59.1 Å². The number of sulfone groups is 1. The zero-order valence-corrected chi connectivity index (χ0v) is 13.3. The molecule has 2 aromatic rings. The molecule has 0 saturated carbocycles. The van der Waals surface area contributed by atoms with Crippen LogP contribution in [0, 0.1) is 6.92 Å². The molecule has 0 spiro atoms. The SMILES string of the molecule is Cc1cccc(CS(=O)(=O)Cc2ccc(Cl)cc2Cl)c1. The molecular formula is C15H14Cl2O2S. The van der Waals surface area contributed by atoms with Gasteiger partial charge in [0.2, 0.25) is 0 Å². The van der Waals surface area contributed by atoms with Crippen LogP contribution >= 0.6 is 23.2 Å². The number of aryl methyl sites for hydroxylation is 1. The first-order chi connectivity index (χ1) is 9.35. The zero-order valence-electron chi connectivity index (χ0n) is 10.9. The molecule has 0 N–H and O–H groups in total. The summed E-state index contributed by atoms with van der Waals surface area (Å²) in [7, 11) is -3.27. The summed E-state index contributed by atoms with van der Waals surface area (Å²) in [6.07, 6.45) is 0. The maximum absolute atomic E-state index is 12.2. The van der Waals surface area contributed by atoms with E-state index in [1.54, 1.807) is 18.2 Å². The second-order valence-electron chi connectivity index (χ2n) is 4.76. The van der Waals surface area contributed by atoms with E-state index in [0.717, 1.165) is 11.1 Å². The van der Waals surface area contributed by atoms with Crippen LogP contribution in [0.4, 0.5) is 0 Å². The summed E-state index contributed by atoms with van der Waals surface area (Å²) in [6, 6.07) is 12.3. The Kier molecular flexibility index (Phi) is 4.74. The van der Waals surface area contributed by atoms with E-state index >= 15 is 0 Å². The molecule has 0 fully saturated rings. The number of hydrogen-bond donors (Lipinski definition) is 0. The topological polar surface area (TPSA) is 34.1 Å². The van der Waals surface area contributed by atoms with E-state index in [1.807, 2.05) is 31.2 Å². The lowest BCUT2D eigenvalue weighted by atomic mass is 10.2. The summed E-state index contributed by atoms with van der Waals surface area (Å²) in [5, 5.41) is 0.875. The minimum absolute atomic E-state index is 0.00757. The van der Waals surface area contributed by atoms with Crippen molar-refractivity contribution < 1.29 is 8.42 Å². The lowest BCUT2D eigenvalue weighted by Gasteiger charge is -2.07. The molecule has 2 rings (SSSR count). The third-order valence-corrected chi connectivity index (χ3v) is 4.97. The molecule has 0 atom stereocenters. The second-order valence-corrected chi connectivity index (χ2v) is 7.67. The molecule has 0 aliphatic heterocycles. The minimum Gasteiger partial charge on any atom is -0.228 e. The van der Waals surface area contributed by atoms with Crippen molar-refractivity contribution in [3.63, 3.8) is 0 Å². The van der Waals surface area contributed by atoms with Crippen molar-refractivity contribution >= 4 is 33.0 Å². The smallest absolute Gasteiger partial charge is 0.158 e. The predicted molar refractivity (Wildman–Crippen MR) is 84.0 cm³/mol. The first-order valence-corrected chi connectivity index (χ1v) is 8.63. The van der Waals surface area contributed by atoms with Gasteiger partial charge in [0.1, 0.15) is 0 Å². The van der Waals surface area contributed by atoms with Crippen LogP contribution in [0.3, 0.4) is 0 Å². The van der Waals surface area contributed by atoms with Gasteiger partial charge in [-0.3, -0.25) is 0 Å². The zero-order chi connectivity index (χ0) is 14.8. The standard InChI is InChI=1S/C15H14Cl2O2S/c1-11-3-2-4-12(7-11)9-20(18,19)10-13-5-6-14(16)8-15(13)17/h2-8H,9-10H2,1H3. The molecule has 5 heteroatoms. The summed E-state index contributed by atoms with van der Waals surface area (Å²) in [4.78, 5) is 0. The highest BCUT2D eigenvalue weighted by Gasteiger charge is 2.15. The average Bonchev–Trinajstić information content (AvgIpc) is 2.32. The molecule has 0 saturated heterocycles. The van der Waals surface area contributed by atoms with Crippen LogP contribution in [0.25, 0.3) is 0 Å². The van der Waals surface area contributed by atoms with Gasteiger partial charge in [0.25, 0.3) is 0 Å². The molecule has 20 heavy (non-hydrogen) atoms. The molecule has 0 bridgehead atoms. The number of benzene rings is 2. The van der Waals surface area contributed by atoms with Gasteiger partial charge in [-0.05, 0) is 30.2 Å². The minimum atomic E-state index is -3.27. The Labute approximate surface area is 129 Å². The van der Waals surface area contributed by atoms with Crippen molar-refractivity contribution in [3.05, 3.63) is 69.2 Å². The Morgan fingerprint density at radius 1 is 1.00 bits per heavy atom. The van der Waals surface area contributed by atoms with Crippen LogP contribution in [0.15, 0.2) is 42.5 Å². The van der Waals surface area contributed by atoms with Crippen LogP contribution in [0.5, 0.6) is 0 Å². The summed E-state index contributed by atoms with van der Waals surface area (Å²) in [6.45, 7) is 1.94. The summed E-state index contributed by atoms with van der Waals surface area (Å²) in [5.41, 5.74) is 2.40. The Hall–Kier alpha value is -1.03. The molecule has 2 aromatic carbocycles. The van der Waals surface area contributed by atoms with E-state index in [2.05, 4.69) is 0 Å². The van der Waals surface area contributed by atoms with Crippen molar-refractivity contribution in [3.8, 4) is 0 Å². The van der Waals surface area contributed by atoms with Crippen LogP contribution in [0.1, 0.15) is 16.7 Å². The van der Waals surface area contributed by atoms with E-state index in [9.17, 15) is 8.42 Å². The number of halogens is 2. The van der Waals surface area contributed by atoms with Gasteiger partial charge in [0, 0.05) is 10.0 Å². The van der Waals surface area contributed by atoms with Crippen LogP contribution < -0.4 is 0 Å². The Balaban J connectivity index is 2.19. The van der Waals surface area contributed by atoms with Gasteiger partial charge in [-0.25, -0.2) is 8.42 Å². The van der Waals surface area contributed by atoms with Crippen molar-refractivity contribution in [2.45, 2.75) is 18.4 Å². The fourth-order valence-electron chi connectivity index (χ4n) is 1.98. The van der Waals surface area contributed by atoms with Gasteiger partial charge in [0.15, 0.2) is 9.84 Å². The van der Waals surface area contributed by atoms with E-state index < -0.39 is 9.84 Å². The molecular weight excluding hydrogens is 315 g/mol. The summed E-state index contributed by atoms with van der Waals surface area (Å²) >= 11 is 11.8. The third kappa shape index (κ3) is 4.23. The average molecular weight is 329 g/mol. The monoisotopic (exact) mass is 328 g/mol. The Morgan fingerprint density at radius 2 is 1.75 bits per heavy atom. The largest absolute Gasteiger partial charge is 0.228 e. The van der Waals surface area contributed by atoms with Crippen molar-refractivity contribution in [2.24, 2.45) is 0 Å². The molecule has 0 unspecified atom stereocenters. The highest BCUT2D eigenvalue weighted by Crippen LogP contribution is 2.24. The second kappa shape index (κ2) is 6.17. The molecule has 0 radical (unpaired) electrons. The van der Waals surface area contributed by atoms with Crippen LogP contribution in [-0.4, -0.2) is 8.42 Å². The third-order valence-electron chi connectivity index (χ3n) is 2.86. The molecule has 106 valence electrons. The first-order valence-electron chi connectivity index (χ1n) is 6.06. The predicted octanol–water partition coefficient (Wildman–Crippen LogP) is 4.42. The summed E-state index contributed by atoms with van der Waals surface area (Å²) in [5.74, 6) is -0.0788. The lowest BCUT2D eigenvalue weighted by molar-refractivity contribution is 0.594. The van der Waals surface area contributed by atoms with Gasteiger partial charge in [-0.15, -0.1) is 0 Å².